The molecule has 48 valence electrons. The summed E-state index contributed by atoms with van der Waals surface area (Å²) in [5, 5.41) is 0. The molecule has 7 heavy (non-hydrogen) atoms. The molecule has 0 aliphatic carbocycles. The second-order valence-electron chi connectivity index (χ2n) is 0.486. The molecule has 5 nitrogen and oxygen atoms in total. The van der Waals surface area contributed by atoms with E-state index in [0.29, 0.717) is 0 Å². The van der Waals surface area contributed by atoms with Crippen molar-refractivity contribution in [1.29, 1.82) is 0 Å². The van der Waals surface area contributed by atoms with E-state index >= 15 is 0 Å². The van der Waals surface area contributed by atoms with Crippen LogP contribution < -0.4 is 0 Å². The van der Waals surface area contributed by atoms with Crippen molar-refractivity contribution >= 4 is 42.1 Å². The van der Waals surface area contributed by atoms with Crippen molar-refractivity contribution in [2.75, 3.05) is 0 Å². The van der Waals surface area contributed by atoms with Crippen molar-refractivity contribution in [1.82, 2.24) is 0 Å². The Kier molecular flexibility index (Phi) is 4.92. The molecule has 0 saturated carbocycles. The summed E-state index contributed by atoms with van der Waals surface area (Å²) >= 11 is -6.60. The Morgan fingerprint density at radius 3 is 1.14 bits per heavy atom. The Bertz CT molecular complexity index is 35.3. The molecule has 0 aromatic heterocycles. The van der Waals surface area contributed by atoms with Crippen molar-refractivity contribution in [3.8, 4) is 0 Å². The maximum atomic E-state index is 7.93. The Morgan fingerprint density at radius 1 is 0.857 bits per heavy atom. The first-order valence-electron chi connectivity index (χ1n) is 0.985. The fraction of sp³-hybridized carbons (Fsp3) is 0. The summed E-state index contributed by atoms with van der Waals surface area (Å²) in [6.45, 7) is 0. The summed E-state index contributed by atoms with van der Waals surface area (Å²) < 4.78 is 35.5. The van der Waals surface area contributed by atoms with Gasteiger partial charge in [-0.2, -0.15) is 0 Å². The predicted molar refractivity (Wildman–Crippen MR) is 38.0 cm³/mol. The van der Waals surface area contributed by atoms with E-state index in [9.17, 15) is 0 Å². The molecule has 0 heterocycles. The zero-order valence-electron chi connectivity index (χ0n) is 2.95. The Labute approximate surface area is 57.0 Å². The number of hydrogen-bond acceptors (Lipinski definition) is 5. The number of halogens is 2. The van der Waals surface area contributed by atoms with Gasteiger partial charge in [-0.05, 0) is 0 Å². The second-order valence-corrected chi connectivity index (χ2v) is 5.49. The van der Waals surface area contributed by atoms with Crippen molar-refractivity contribution < 1.29 is 15.1 Å². The van der Waals surface area contributed by atoms with Gasteiger partial charge < -0.3 is 0 Å². The molecule has 0 fully saturated rings. The van der Waals surface area contributed by atoms with Gasteiger partial charge in [0.05, 0.1) is 0 Å². The van der Waals surface area contributed by atoms with Crippen LogP contribution >= 0.6 is 42.1 Å². The SMILES string of the molecule is OI(O)OI(O)O. The molecule has 0 aromatic rings. The molecule has 0 saturated heterocycles. The maximum absolute atomic E-state index is 7.93. The summed E-state index contributed by atoms with van der Waals surface area (Å²) in [6.07, 6.45) is 0. The standard InChI is InChI=1S/H4I2O5/c3-1(4)7-2(5)6/h3-6H. The average molecular weight is 338 g/mol. The van der Waals surface area contributed by atoms with Gasteiger partial charge in [-0.3, -0.25) is 0 Å². The molecule has 0 spiro atoms. The third-order valence-corrected chi connectivity index (χ3v) is 4.69. The summed E-state index contributed by atoms with van der Waals surface area (Å²) in [5.74, 6) is 0. The van der Waals surface area contributed by atoms with Crippen LogP contribution in [-0.4, -0.2) is 13.7 Å². The molecule has 0 aliphatic rings. The molecule has 0 amide bonds. The van der Waals surface area contributed by atoms with E-state index in [4.69, 9.17) is 13.7 Å². The molecule has 0 aliphatic heterocycles. The van der Waals surface area contributed by atoms with Gasteiger partial charge in [-0.25, -0.2) is 0 Å². The zero-order chi connectivity index (χ0) is 5.86. The van der Waals surface area contributed by atoms with E-state index in [1.165, 1.54) is 0 Å². The van der Waals surface area contributed by atoms with Gasteiger partial charge in [0.1, 0.15) is 0 Å². The minimum atomic E-state index is -3.30. The zero-order valence-corrected chi connectivity index (χ0v) is 7.27. The van der Waals surface area contributed by atoms with E-state index in [-0.39, 0.29) is 0 Å². The summed E-state index contributed by atoms with van der Waals surface area (Å²) in [5.41, 5.74) is 0. The van der Waals surface area contributed by atoms with Crippen LogP contribution in [0.5, 0.6) is 0 Å². The Balaban J connectivity index is 2.95. The molecule has 0 unspecified atom stereocenters. The first kappa shape index (κ1) is 8.26. The van der Waals surface area contributed by atoms with E-state index < -0.39 is 42.1 Å². The Hall–Kier alpha value is 1.26. The molecular formula is H4I2O5. The van der Waals surface area contributed by atoms with Gasteiger partial charge in [-0.15, -0.1) is 0 Å². The van der Waals surface area contributed by atoms with E-state index in [1.54, 1.807) is 0 Å². The first-order chi connectivity index (χ1) is 3.13. The van der Waals surface area contributed by atoms with Crippen LogP contribution in [0.25, 0.3) is 0 Å². The van der Waals surface area contributed by atoms with Crippen molar-refractivity contribution in [2.45, 2.75) is 0 Å². The van der Waals surface area contributed by atoms with Crippen LogP contribution in [0.15, 0.2) is 0 Å². The monoisotopic (exact) mass is 338 g/mol. The molecular weight excluding hydrogens is 334 g/mol. The summed E-state index contributed by atoms with van der Waals surface area (Å²) in [4.78, 5) is 0. The van der Waals surface area contributed by atoms with Crippen LogP contribution in [-0.2, 0) is 1.40 Å². The third-order valence-electron chi connectivity index (χ3n) is 0.104. The summed E-state index contributed by atoms with van der Waals surface area (Å²) in [7, 11) is 0. The van der Waals surface area contributed by atoms with Gasteiger partial charge in [-0.1, -0.05) is 0 Å². The van der Waals surface area contributed by atoms with Gasteiger partial charge in [0, 0.05) is 0 Å². The van der Waals surface area contributed by atoms with Crippen LogP contribution in [0.2, 0.25) is 0 Å². The van der Waals surface area contributed by atoms with Gasteiger partial charge in [0.2, 0.25) is 0 Å². The number of rotatable bonds is 2. The topological polar surface area (TPSA) is 90.2 Å². The van der Waals surface area contributed by atoms with Crippen molar-refractivity contribution in [3.05, 3.63) is 0 Å². The van der Waals surface area contributed by atoms with Crippen molar-refractivity contribution in [2.24, 2.45) is 0 Å². The van der Waals surface area contributed by atoms with Crippen LogP contribution in [0.1, 0.15) is 0 Å². The van der Waals surface area contributed by atoms with E-state index in [1.807, 2.05) is 0 Å². The fourth-order valence-corrected chi connectivity index (χ4v) is 2.10. The number of hydrogen-bond donors (Lipinski definition) is 4. The third kappa shape index (κ3) is 7.26. The van der Waals surface area contributed by atoms with E-state index in [0.717, 1.165) is 0 Å². The normalized spacial score (nSPS) is 13.7. The predicted octanol–water partition coefficient (Wildman–Crippen LogP) is -0.525. The quantitative estimate of drug-likeness (QED) is 0.509. The molecule has 7 heteroatoms. The molecule has 0 rings (SSSR count). The molecule has 0 aromatic carbocycles. The fourth-order valence-electron chi connectivity index (χ4n) is 0.0467. The van der Waals surface area contributed by atoms with Gasteiger partial charge in [0.15, 0.2) is 0 Å². The molecule has 4 N–H and O–H groups in total. The van der Waals surface area contributed by atoms with Crippen LogP contribution in [0, 0.1) is 0 Å². The van der Waals surface area contributed by atoms with Gasteiger partial charge in [0.25, 0.3) is 0 Å². The van der Waals surface area contributed by atoms with Gasteiger partial charge >= 0.3 is 57.3 Å². The molecule has 0 bridgehead atoms. The minimum absolute atomic E-state index is 3.30. The van der Waals surface area contributed by atoms with E-state index in [2.05, 4.69) is 1.40 Å². The molecule has 0 radical (unpaired) electrons. The Morgan fingerprint density at radius 2 is 1.14 bits per heavy atom. The van der Waals surface area contributed by atoms with Crippen LogP contribution in [0.4, 0.5) is 0 Å². The van der Waals surface area contributed by atoms with Crippen molar-refractivity contribution in [3.63, 3.8) is 0 Å². The average Bonchev–Trinajstić information content (AvgIpc) is 1.27. The summed E-state index contributed by atoms with van der Waals surface area (Å²) in [6, 6.07) is 0. The molecule has 0 atom stereocenters. The van der Waals surface area contributed by atoms with Crippen LogP contribution in [0.3, 0.4) is 0 Å². The first-order valence-corrected chi connectivity index (χ1v) is 6.61. The second kappa shape index (κ2) is 4.17.